The molecule has 0 amide bonds. The lowest BCUT2D eigenvalue weighted by molar-refractivity contribution is -0.135. The lowest BCUT2D eigenvalue weighted by Gasteiger charge is -2.10. The maximum absolute atomic E-state index is 11.2. The number of carboxylic acids is 2. The normalized spacial score (nSPS) is 24.0. The van der Waals surface area contributed by atoms with Gasteiger partial charge in [-0.2, -0.15) is 0 Å². The van der Waals surface area contributed by atoms with Crippen molar-refractivity contribution in [1.82, 2.24) is 0 Å². The van der Waals surface area contributed by atoms with Crippen LogP contribution in [0.15, 0.2) is 35.5 Å². The minimum absolute atomic E-state index is 0.0994. The van der Waals surface area contributed by atoms with Crippen LogP contribution in [0.3, 0.4) is 0 Å². The summed E-state index contributed by atoms with van der Waals surface area (Å²) in [6.07, 6.45) is 9.19. The molecule has 0 aromatic carbocycles. The molecule has 1 aliphatic carbocycles. The Labute approximate surface area is 113 Å². The van der Waals surface area contributed by atoms with E-state index in [1.807, 2.05) is 6.08 Å². The van der Waals surface area contributed by atoms with Crippen LogP contribution in [0.1, 0.15) is 33.1 Å². The van der Waals surface area contributed by atoms with Gasteiger partial charge in [0.15, 0.2) is 0 Å². The lowest BCUT2D eigenvalue weighted by Crippen LogP contribution is -2.12. The van der Waals surface area contributed by atoms with Gasteiger partial charge in [-0.1, -0.05) is 30.7 Å². The van der Waals surface area contributed by atoms with Crippen LogP contribution in [-0.4, -0.2) is 22.2 Å². The van der Waals surface area contributed by atoms with Crippen LogP contribution in [0.5, 0.6) is 0 Å². The summed E-state index contributed by atoms with van der Waals surface area (Å²) in [7, 11) is 0. The highest BCUT2D eigenvalue weighted by Crippen LogP contribution is 2.32. The van der Waals surface area contributed by atoms with E-state index in [0.29, 0.717) is 5.92 Å². The van der Waals surface area contributed by atoms with Gasteiger partial charge in [0.1, 0.15) is 0 Å². The van der Waals surface area contributed by atoms with Gasteiger partial charge in [-0.05, 0) is 32.1 Å². The van der Waals surface area contributed by atoms with Crippen molar-refractivity contribution < 1.29 is 19.8 Å². The van der Waals surface area contributed by atoms with Gasteiger partial charge in [0.2, 0.25) is 0 Å². The summed E-state index contributed by atoms with van der Waals surface area (Å²) in [4.78, 5) is 21.9. The predicted octanol–water partition coefficient (Wildman–Crippen LogP) is 3.02. The van der Waals surface area contributed by atoms with Gasteiger partial charge < -0.3 is 10.2 Å². The second-order valence-corrected chi connectivity index (χ2v) is 4.97. The molecule has 0 aliphatic heterocycles. The summed E-state index contributed by atoms with van der Waals surface area (Å²) in [5, 5.41) is 17.9. The van der Waals surface area contributed by atoms with E-state index in [0.717, 1.165) is 25.3 Å². The van der Waals surface area contributed by atoms with E-state index in [2.05, 4.69) is 6.92 Å². The van der Waals surface area contributed by atoms with Crippen molar-refractivity contribution in [2.24, 2.45) is 11.8 Å². The van der Waals surface area contributed by atoms with Gasteiger partial charge >= 0.3 is 11.9 Å². The van der Waals surface area contributed by atoms with Crippen molar-refractivity contribution in [1.29, 1.82) is 0 Å². The minimum Gasteiger partial charge on any atom is -0.478 e. The van der Waals surface area contributed by atoms with Crippen LogP contribution in [0.25, 0.3) is 0 Å². The molecule has 4 heteroatoms. The quantitative estimate of drug-likeness (QED) is 0.591. The van der Waals surface area contributed by atoms with Crippen molar-refractivity contribution >= 4 is 11.9 Å². The van der Waals surface area contributed by atoms with Crippen molar-refractivity contribution in [2.45, 2.75) is 33.1 Å². The lowest BCUT2D eigenvalue weighted by atomic mass is 9.94. The fourth-order valence-electron chi connectivity index (χ4n) is 2.38. The van der Waals surface area contributed by atoms with E-state index in [4.69, 9.17) is 10.2 Å². The Hall–Kier alpha value is -1.84. The minimum atomic E-state index is -1.23. The molecule has 19 heavy (non-hydrogen) atoms. The third-order valence-corrected chi connectivity index (χ3v) is 3.27. The predicted molar refractivity (Wildman–Crippen MR) is 72.8 cm³/mol. The molecule has 2 N–H and O–H groups in total. The smallest absolute Gasteiger partial charge is 0.332 e. The van der Waals surface area contributed by atoms with Crippen LogP contribution in [0, 0.1) is 11.8 Å². The van der Waals surface area contributed by atoms with Crippen molar-refractivity contribution in [2.75, 3.05) is 0 Å². The number of hydrogen-bond donors (Lipinski definition) is 2. The molecule has 2 unspecified atom stereocenters. The highest BCUT2D eigenvalue weighted by molar-refractivity contribution is 5.95. The van der Waals surface area contributed by atoms with Crippen LogP contribution in [0.4, 0.5) is 0 Å². The third kappa shape index (κ3) is 4.73. The summed E-state index contributed by atoms with van der Waals surface area (Å²) in [5.74, 6) is -2.27. The second-order valence-electron chi connectivity index (χ2n) is 4.97. The van der Waals surface area contributed by atoms with Gasteiger partial charge in [0.05, 0.1) is 5.57 Å². The van der Waals surface area contributed by atoms with Crippen molar-refractivity contribution in [3.05, 3.63) is 35.5 Å². The van der Waals surface area contributed by atoms with Crippen LogP contribution < -0.4 is 0 Å². The number of carboxylic acid groups (broad SMARTS) is 2. The standard InChI is InChI=1S/C15H20O4/c1-3-4-12(8-11-6-5-10(2)7-11)13(15(18)19)9-14(16)17/h3-4,8-10,12H,5-7H2,1-2H3,(H,16,17)(H,18,19)/b4-3?,11-8?,13-9-. The first kappa shape index (κ1) is 15.2. The van der Waals surface area contributed by atoms with Crippen LogP contribution >= 0.6 is 0 Å². The zero-order valence-electron chi connectivity index (χ0n) is 11.3. The molecule has 4 nitrogen and oxygen atoms in total. The van der Waals surface area contributed by atoms with Gasteiger partial charge in [-0.25, -0.2) is 9.59 Å². The molecular formula is C15H20O4. The molecule has 1 aliphatic rings. The fourth-order valence-corrected chi connectivity index (χ4v) is 2.38. The highest BCUT2D eigenvalue weighted by Gasteiger charge is 2.21. The Kier molecular flexibility index (Phi) is 5.55. The SMILES string of the molecule is CC=CC(C=C1CCC(C)C1)/C(=C/C(=O)O)C(=O)O. The molecule has 0 aromatic rings. The topological polar surface area (TPSA) is 74.6 Å². The zero-order chi connectivity index (χ0) is 14.4. The molecule has 1 rings (SSSR count). The van der Waals surface area contributed by atoms with E-state index in [1.54, 1.807) is 19.1 Å². The Morgan fingerprint density at radius 3 is 2.47 bits per heavy atom. The molecule has 104 valence electrons. The molecule has 0 aromatic heterocycles. The molecule has 1 fully saturated rings. The first-order chi connectivity index (χ1) is 8.93. The third-order valence-electron chi connectivity index (χ3n) is 3.27. The van der Waals surface area contributed by atoms with E-state index < -0.39 is 17.9 Å². The number of rotatable bonds is 5. The Morgan fingerprint density at radius 1 is 1.37 bits per heavy atom. The number of carbonyl (C=O) groups is 2. The molecule has 0 saturated heterocycles. The van der Waals surface area contributed by atoms with Crippen LogP contribution in [-0.2, 0) is 9.59 Å². The first-order valence-electron chi connectivity index (χ1n) is 6.44. The summed E-state index contributed by atoms with van der Waals surface area (Å²) < 4.78 is 0. The van der Waals surface area contributed by atoms with E-state index in [9.17, 15) is 9.59 Å². The average molecular weight is 264 g/mol. The fraction of sp³-hybridized carbons (Fsp3) is 0.467. The zero-order valence-corrected chi connectivity index (χ0v) is 11.3. The maximum Gasteiger partial charge on any atom is 0.332 e. The number of aliphatic carboxylic acids is 2. The second kappa shape index (κ2) is 6.92. The molecule has 1 saturated carbocycles. The summed E-state index contributed by atoms with van der Waals surface area (Å²) in [6.45, 7) is 3.96. The summed E-state index contributed by atoms with van der Waals surface area (Å²) >= 11 is 0. The molecule has 0 bridgehead atoms. The Balaban J connectivity index is 3.05. The molecule has 0 spiro atoms. The monoisotopic (exact) mass is 264 g/mol. The van der Waals surface area contributed by atoms with E-state index in [1.165, 1.54) is 5.57 Å². The largest absolute Gasteiger partial charge is 0.478 e. The maximum atomic E-state index is 11.2. The summed E-state index contributed by atoms with van der Waals surface area (Å²) in [6, 6.07) is 0. The van der Waals surface area contributed by atoms with Gasteiger partial charge in [0.25, 0.3) is 0 Å². The number of allylic oxidation sites excluding steroid dienone is 4. The van der Waals surface area contributed by atoms with Gasteiger partial charge in [-0.15, -0.1) is 0 Å². The van der Waals surface area contributed by atoms with E-state index >= 15 is 0 Å². The van der Waals surface area contributed by atoms with E-state index in [-0.39, 0.29) is 5.57 Å². The Morgan fingerprint density at radius 2 is 2.05 bits per heavy atom. The molecular weight excluding hydrogens is 244 g/mol. The van der Waals surface area contributed by atoms with Crippen molar-refractivity contribution in [3.8, 4) is 0 Å². The van der Waals surface area contributed by atoms with Crippen LogP contribution in [0.2, 0.25) is 0 Å². The molecule has 0 heterocycles. The Bertz CT molecular complexity index is 443. The van der Waals surface area contributed by atoms with Gasteiger partial charge in [0, 0.05) is 12.0 Å². The average Bonchev–Trinajstić information content (AvgIpc) is 2.71. The first-order valence-corrected chi connectivity index (χ1v) is 6.44. The molecule has 2 atom stereocenters. The number of hydrogen-bond acceptors (Lipinski definition) is 2. The van der Waals surface area contributed by atoms with Crippen molar-refractivity contribution in [3.63, 3.8) is 0 Å². The highest BCUT2D eigenvalue weighted by atomic mass is 16.4. The summed E-state index contributed by atoms with van der Waals surface area (Å²) in [5.41, 5.74) is 1.12. The van der Waals surface area contributed by atoms with Gasteiger partial charge in [-0.3, -0.25) is 0 Å². The molecule has 0 radical (unpaired) electrons.